The third-order valence-electron chi connectivity index (χ3n) is 2.24. The van der Waals surface area contributed by atoms with Crippen molar-refractivity contribution in [3.05, 3.63) is 29.8 Å². The summed E-state index contributed by atoms with van der Waals surface area (Å²) in [6.07, 6.45) is 0. The van der Waals surface area contributed by atoms with E-state index in [0.717, 1.165) is 0 Å². The van der Waals surface area contributed by atoms with Crippen LogP contribution in [-0.2, 0) is 5.92 Å². The Hall–Kier alpha value is -1.16. The van der Waals surface area contributed by atoms with Crippen LogP contribution in [0.1, 0.15) is 19.4 Å². The van der Waals surface area contributed by atoms with Gasteiger partial charge in [-0.05, 0) is 24.3 Å². The first-order valence-electron chi connectivity index (χ1n) is 5.21. The van der Waals surface area contributed by atoms with Crippen molar-refractivity contribution in [2.24, 2.45) is 0 Å². The van der Waals surface area contributed by atoms with E-state index < -0.39 is 5.92 Å². The minimum absolute atomic E-state index is 0.00134. The van der Waals surface area contributed by atoms with Crippen molar-refractivity contribution in [1.82, 2.24) is 5.32 Å². The Morgan fingerprint density at radius 1 is 1.25 bits per heavy atom. The summed E-state index contributed by atoms with van der Waals surface area (Å²) in [5.41, 5.74) is 0.00134. The molecule has 0 atom stereocenters. The number of halogens is 2. The van der Waals surface area contributed by atoms with Gasteiger partial charge < -0.3 is 10.1 Å². The fourth-order valence-corrected chi connectivity index (χ4v) is 1.27. The molecule has 0 amide bonds. The Balaban J connectivity index is 2.72. The topological polar surface area (TPSA) is 21.3 Å². The molecule has 0 aromatic heterocycles. The first-order chi connectivity index (χ1) is 7.45. The van der Waals surface area contributed by atoms with E-state index in [1.54, 1.807) is 12.1 Å². The SMILES string of the molecule is COc1ccc(C(F)(F)CNC(C)C)cc1. The second kappa shape index (κ2) is 5.25. The molecule has 1 rings (SSSR count). The predicted octanol–water partition coefficient (Wildman–Crippen LogP) is 2.79. The van der Waals surface area contributed by atoms with Crippen LogP contribution in [0.2, 0.25) is 0 Å². The number of alkyl halides is 2. The van der Waals surface area contributed by atoms with Gasteiger partial charge in [0.2, 0.25) is 0 Å². The summed E-state index contributed by atoms with van der Waals surface area (Å²) >= 11 is 0. The second-order valence-corrected chi connectivity index (χ2v) is 3.97. The zero-order valence-electron chi connectivity index (χ0n) is 9.76. The lowest BCUT2D eigenvalue weighted by atomic mass is 10.1. The largest absolute Gasteiger partial charge is 0.497 e. The fourth-order valence-electron chi connectivity index (χ4n) is 1.27. The van der Waals surface area contributed by atoms with Crippen molar-refractivity contribution in [2.75, 3.05) is 13.7 Å². The van der Waals surface area contributed by atoms with Gasteiger partial charge >= 0.3 is 0 Å². The molecular weight excluding hydrogens is 212 g/mol. The lowest BCUT2D eigenvalue weighted by Crippen LogP contribution is -2.34. The number of hydrogen-bond donors (Lipinski definition) is 1. The van der Waals surface area contributed by atoms with E-state index in [2.05, 4.69) is 5.32 Å². The Morgan fingerprint density at radius 3 is 2.25 bits per heavy atom. The average Bonchev–Trinajstić information content (AvgIpc) is 2.27. The van der Waals surface area contributed by atoms with E-state index in [0.29, 0.717) is 5.75 Å². The molecule has 0 spiro atoms. The molecule has 0 heterocycles. The highest BCUT2D eigenvalue weighted by atomic mass is 19.3. The van der Waals surface area contributed by atoms with Gasteiger partial charge in [-0.2, -0.15) is 8.78 Å². The van der Waals surface area contributed by atoms with Gasteiger partial charge in [0, 0.05) is 11.6 Å². The standard InChI is InChI=1S/C12H17F2NO/c1-9(2)15-8-12(13,14)10-4-6-11(16-3)7-5-10/h4-7,9,15H,8H2,1-3H3. The van der Waals surface area contributed by atoms with E-state index in [-0.39, 0.29) is 18.2 Å². The normalized spacial score (nSPS) is 11.9. The van der Waals surface area contributed by atoms with E-state index in [1.165, 1.54) is 19.2 Å². The molecule has 0 aliphatic rings. The van der Waals surface area contributed by atoms with Crippen LogP contribution in [0.15, 0.2) is 24.3 Å². The minimum Gasteiger partial charge on any atom is -0.497 e. The third-order valence-corrected chi connectivity index (χ3v) is 2.24. The highest BCUT2D eigenvalue weighted by Crippen LogP contribution is 2.28. The lowest BCUT2D eigenvalue weighted by molar-refractivity contribution is -0.00486. The van der Waals surface area contributed by atoms with Crippen LogP contribution in [0.4, 0.5) is 8.78 Å². The van der Waals surface area contributed by atoms with Crippen molar-refractivity contribution >= 4 is 0 Å². The van der Waals surface area contributed by atoms with E-state index in [9.17, 15) is 8.78 Å². The molecule has 0 radical (unpaired) electrons. The summed E-state index contributed by atoms with van der Waals surface area (Å²) in [7, 11) is 1.51. The Kier molecular flexibility index (Phi) is 4.24. The van der Waals surface area contributed by atoms with Crippen molar-refractivity contribution in [1.29, 1.82) is 0 Å². The lowest BCUT2D eigenvalue weighted by Gasteiger charge is -2.19. The van der Waals surface area contributed by atoms with Gasteiger partial charge in [-0.25, -0.2) is 0 Å². The summed E-state index contributed by atoms with van der Waals surface area (Å²) in [4.78, 5) is 0. The van der Waals surface area contributed by atoms with E-state index in [4.69, 9.17) is 4.74 Å². The van der Waals surface area contributed by atoms with Crippen molar-refractivity contribution in [3.8, 4) is 5.75 Å². The number of hydrogen-bond acceptors (Lipinski definition) is 2. The van der Waals surface area contributed by atoms with Crippen LogP contribution in [0.3, 0.4) is 0 Å². The maximum atomic E-state index is 13.6. The van der Waals surface area contributed by atoms with Gasteiger partial charge in [-0.15, -0.1) is 0 Å². The molecule has 90 valence electrons. The van der Waals surface area contributed by atoms with Crippen molar-refractivity contribution in [3.63, 3.8) is 0 Å². The molecule has 1 aromatic rings. The molecular formula is C12H17F2NO. The number of benzene rings is 1. The monoisotopic (exact) mass is 229 g/mol. The maximum absolute atomic E-state index is 13.6. The van der Waals surface area contributed by atoms with Crippen molar-refractivity contribution in [2.45, 2.75) is 25.8 Å². The smallest absolute Gasteiger partial charge is 0.285 e. The van der Waals surface area contributed by atoms with E-state index in [1.807, 2.05) is 13.8 Å². The number of methoxy groups -OCH3 is 1. The van der Waals surface area contributed by atoms with Gasteiger partial charge in [-0.1, -0.05) is 13.8 Å². The molecule has 4 heteroatoms. The predicted molar refractivity (Wildman–Crippen MR) is 60.0 cm³/mol. The average molecular weight is 229 g/mol. The molecule has 0 unspecified atom stereocenters. The van der Waals surface area contributed by atoms with Crippen LogP contribution < -0.4 is 10.1 Å². The molecule has 1 N–H and O–H groups in total. The Morgan fingerprint density at radius 2 is 1.81 bits per heavy atom. The number of rotatable bonds is 5. The molecule has 0 aliphatic carbocycles. The zero-order chi connectivity index (χ0) is 12.2. The Bertz CT molecular complexity index is 322. The number of nitrogens with one attached hydrogen (secondary N) is 1. The summed E-state index contributed by atoms with van der Waals surface area (Å²) in [6, 6.07) is 5.91. The van der Waals surface area contributed by atoms with Crippen LogP contribution in [0, 0.1) is 0 Å². The highest BCUT2D eigenvalue weighted by Gasteiger charge is 2.31. The summed E-state index contributed by atoms with van der Waals surface area (Å²) in [6.45, 7) is 3.32. The maximum Gasteiger partial charge on any atom is 0.285 e. The van der Waals surface area contributed by atoms with Crippen LogP contribution in [0.25, 0.3) is 0 Å². The fraction of sp³-hybridized carbons (Fsp3) is 0.500. The van der Waals surface area contributed by atoms with Gasteiger partial charge in [-0.3, -0.25) is 0 Å². The van der Waals surface area contributed by atoms with Gasteiger partial charge in [0.1, 0.15) is 5.75 Å². The number of ether oxygens (including phenoxy) is 1. The first-order valence-corrected chi connectivity index (χ1v) is 5.21. The molecule has 2 nitrogen and oxygen atoms in total. The van der Waals surface area contributed by atoms with Crippen LogP contribution in [-0.4, -0.2) is 19.7 Å². The second-order valence-electron chi connectivity index (χ2n) is 3.97. The summed E-state index contributed by atoms with van der Waals surface area (Å²) < 4.78 is 32.2. The van der Waals surface area contributed by atoms with Crippen molar-refractivity contribution < 1.29 is 13.5 Å². The first kappa shape index (κ1) is 12.9. The zero-order valence-corrected chi connectivity index (χ0v) is 9.76. The van der Waals surface area contributed by atoms with E-state index >= 15 is 0 Å². The molecule has 0 aliphatic heterocycles. The quantitative estimate of drug-likeness (QED) is 0.838. The third kappa shape index (κ3) is 3.45. The van der Waals surface area contributed by atoms with Crippen LogP contribution in [0.5, 0.6) is 5.75 Å². The van der Waals surface area contributed by atoms with Gasteiger partial charge in [0.05, 0.1) is 13.7 Å². The molecule has 0 bridgehead atoms. The molecule has 0 saturated heterocycles. The molecule has 1 aromatic carbocycles. The molecule has 0 fully saturated rings. The molecule has 0 saturated carbocycles. The highest BCUT2D eigenvalue weighted by molar-refractivity contribution is 5.29. The van der Waals surface area contributed by atoms with Gasteiger partial charge in [0.25, 0.3) is 5.92 Å². The Labute approximate surface area is 94.6 Å². The minimum atomic E-state index is -2.85. The van der Waals surface area contributed by atoms with Crippen LogP contribution >= 0.6 is 0 Å². The summed E-state index contributed by atoms with van der Waals surface area (Å²) in [5.74, 6) is -2.27. The van der Waals surface area contributed by atoms with Gasteiger partial charge in [0.15, 0.2) is 0 Å². The summed E-state index contributed by atoms with van der Waals surface area (Å²) in [5, 5.41) is 2.73. The molecule has 16 heavy (non-hydrogen) atoms.